The normalized spacial score (nSPS) is 11.7. The largest absolute Gasteiger partial charge is 0.392 e. The molecule has 0 aromatic heterocycles. The van der Waals surface area contributed by atoms with Crippen molar-refractivity contribution < 1.29 is 14.7 Å². The number of aliphatic hydroxyl groups is 1. The van der Waals surface area contributed by atoms with E-state index in [2.05, 4.69) is 10.6 Å². The fourth-order valence-electron chi connectivity index (χ4n) is 1.21. The topological polar surface area (TPSA) is 78.4 Å². The fraction of sp³-hybridized carbons (Fsp3) is 0.333. The van der Waals surface area contributed by atoms with Gasteiger partial charge in [0.25, 0.3) is 0 Å². The highest BCUT2D eigenvalue weighted by Gasteiger charge is 2.14. The SMILES string of the molecule is Cc1ccccc1NC(=O)C(=O)NC[C@H](C)O. The molecule has 0 aliphatic rings. The molecule has 0 bridgehead atoms. The first kappa shape index (κ1) is 13.2. The van der Waals surface area contributed by atoms with Crippen molar-refractivity contribution >= 4 is 17.5 Å². The molecule has 0 fully saturated rings. The number of hydrogen-bond acceptors (Lipinski definition) is 3. The van der Waals surface area contributed by atoms with Crippen LogP contribution in [0, 0.1) is 6.92 Å². The van der Waals surface area contributed by atoms with Gasteiger partial charge in [-0.3, -0.25) is 9.59 Å². The third-order valence-corrected chi connectivity index (χ3v) is 2.16. The highest BCUT2D eigenvalue weighted by atomic mass is 16.3. The van der Waals surface area contributed by atoms with Crippen molar-refractivity contribution in [3.8, 4) is 0 Å². The molecule has 1 aromatic carbocycles. The zero-order valence-corrected chi connectivity index (χ0v) is 9.86. The number of carbonyl (C=O) groups excluding carboxylic acids is 2. The Morgan fingerprint density at radius 2 is 1.94 bits per heavy atom. The van der Waals surface area contributed by atoms with Gasteiger partial charge in [-0.15, -0.1) is 0 Å². The van der Waals surface area contributed by atoms with Gasteiger partial charge in [-0.1, -0.05) is 18.2 Å². The molecule has 1 rings (SSSR count). The molecule has 2 amide bonds. The van der Waals surface area contributed by atoms with E-state index in [0.717, 1.165) is 5.56 Å². The third kappa shape index (κ3) is 4.24. The number of amides is 2. The molecular formula is C12H16N2O3. The second-order valence-corrected chi connectivity index (χ2v) is 3.83. The highest BCUT2D eigenvalue weighted by Crippen LogP contribution is 2.12. The van der Waals surface area contributed by atoms with Crippen LogP contribution in [0.4, 0.5) is 5.69 Å². The minimum absolute atomic E-state index is 0.0556. The smallest absolute Gasteiger partial charge is 0.313 e. The van der Waals surface area contributed by atoms with Gasteiger partial charge in [0, 0.05) is 12.2 Å². The number of rotatable bonds is 3. The summed E-state index contributed by atoms with van der Waals surface area (Å²) in [5.74, 6) is -1.49. The summed E-state index contributed by atoms with van der Waals surface area (Å²) in [6.07, 6.45) is -0.676. The summed E-state index contributed by atoms with van der Waals surface area (Å²) < 4.78 is 0. The Kier molecular flexibility index (Phi) is 4.66. The average molecular weight is 236 g/mol. The first-order valence-electron chi connectivity index (χ1n) is 5.33. The number of hydrogen-bond donors (Lipinski definition) is 3. The summed E-state index contributed by atoms with van der Waals surface area (Å²) in [5.41, 5.74) is 1.48. The van der Waals surface area contributed by atoms with Crippen LogP contribution >= 0.6 is 0 Å². The molecule has 0 saturated carbocycles. The van der Waals surface area contributed by atoms with Crippen LogP contribution in [0.2, 0.25) is 0 Å². The Labute approximate surface area is 99.8 Å². The predicted molar refractivity (Wildman–Crippen MR) is 64.5 cm³/mol. The van der Waals surface area contributed by atoms with E-state index >= 15 is 0 Å². The second kappa shape index (κ2) is 6.00. The van der Waals surface area contributed by atoms with Crippen LogP contribution in [-0.2, 0) is 9.59 Å². The molecule has 0 heterocycles. The van der Waals surface area contributed by atoms with Crippen LogP contribution in [0.1, 0.15) is 12.5 Å². The molecule has 0 aliphatic heterocycles. The van der Waals surface area contributed by atoms with Gasteiger partial charge in [-0.2, -0.15) is 0 Å². The van der Waals surface area contributed by atoms with Crippen molar-refractivity contribution in [1.82, 2.24) is 5.32 Å². The van der Waals surface area contributed by atoms with Crippen molar-refractivity contribution in [3.05, 3.63) is 29.8 Å². The summed E-state index contributed by atoms with van der Waals surface area (Å²) in [6.45, 7) is 3.42. The third-order valence-electron chi connectivity index (χ3n) is 2.16. The van der Waals surface area contributed by atoms with Crippen molar-refractivity contribution in [3.63, 3.8) is 0 Å². The van der Waals surface area contributed by atoms with E-state index in [4.69, 9.17) is 5.11 Å². The molecule has 0 radical (unpaired) electrons. The molecule has 5 heteroatoms. The van der Waals surface area contributed by atoms with E-state index in [-0.39, 0.29) is 6.54 Å². The van der Waals surface area contributed by atoms with Crippen LogP contribution < -0.4 is 10.6 Å². The molecule has 92 valence electrons. The van der Waals surface area contributed by atoms with E-state index in [1.807, 2.05) is 19.1 Å². The summed E-state index contributed by atoms with van der Waals surface area (Å²) >= 11 is 0. The zero-order valence-electron chi connectivity index (χ0n) is 9.86. The van der Waals surface area contributed by atoms with Gasteiger partial charge in [0.1, 0.15) is 0 Å². The molecule has 5 nitrogen and oxygen atoms in total. The van der Waals surface area contributed by atoms with Gasteiger partial charge in [0.2, 0.25) is 0 Å². The molecule has 0 spiro atoms. The lowest BCUT2D eigenvalue weighted by molar-refractivity contribution is -0.136. The Morgan fingerprint density at radius 3 is 2.53 bits per heavy atom. The van der Waals surface area contributed by atoms with Crippen LogP contribution in [-0.4, -0.2) is 29.6 Å². The standard InChI is InChI=1S/C12H16N2O3/c1-8-5-3-4-6-10(8)14-12(17)11(16)13-7-9(2)15/h3-6,9,15H,7H2,1-2H3,(H,13,16)(H,14,17)/t9-/m0/s1. The second-order valence-electron chi connectivity index (χ2n) is 3.83. The number of aliphatic hydroxyl groups excluding tert-OH is 1. The first-order valence-corrected chi connectivity index (χ1v) is 5.33. The Bertz CT molecular complexity index is 416. The minimum atomic E-state index is -0.755. The summed E-state index contributed by atoms with van der Waals surface area (Å²) in [7, 11) is 0. The van der Waals surface area contributed by atoms with Gasteiger partial charge in [-0.25, -0.2) is 0 Å². The molecule has 0 unspecified atom stereocenters. The van der Waals surface area contributed by atoms with E-state index in [1.165, 1.54) is 6.92 Å². The number of anilines is 1. The Balaban J connectivity index is 2.55. The maximum atomic E-state index is 11.5. The van der Waals surface area contributed by atoms with Crippen LogP contribution in [0.25, 0.3) is 0 Å². The first-order chi connectivity index (χ1) is 8.00. The molecule has 1 aromatic rings. The zero-order chi connectivity index (χ0) is 12.8. The van der Waals surface area contributed by atoms with E-state index in [0.29, 0.717) is 5.69 Å². The van der Waals surface area contributed by atoms with Gasteiger partial charge in [0.05, 0.1) is 6.10 Å². The average Bonchev–Trinajstić information content (AvgIpc) is 2.28. The van der Waals surface area contributed by atoms with Gasteiger partial charge in [0.15, 0.2) is 0 Å². The molecule has 0 saturated heterocycles. The van der Waals surface area contributed by atoms with Gasteiger partial charge < -0.3 is 15.7 Å². The minimum Gasteiger partial charge on any atom is -0.392 e. The Hall–Kier alpha value is -1.88. The predicted octanol–water partition coefficient (Wildman–Crippen LogP) is 0.431. The number of carbonyl (C=O) groups is 2. The molecule has 0 aliphatic carbocycles. The maximum Gasteiger partial charge on any atom is 0.313 e. The quantitative estimate of drug-likeness (QED) is 0.666. The summed E-state index contributed by atoms with van der Waals surface area (Å²) in [6, 6.07) is 7.17. The molecule has 17 heavy (non-hydrogen) atoms. The van der Waals surface area contributed by atoms with Crippen molar-refractivity contribution in [2.75, 3.05) is 11.9 Å². The lowest BCUT2D eigenvalue weighted by Gasteiger charge is -2.09. The van der Waals surface area contributed by atoms with Gasteiger partial charge >= 0.3 is 11.8 Å². The lowest BCUT2D eigenvalue weighted by Crippen LogP contribution is -2.38. The van der Waals surface area contributed by atoms with Gasteiger partial charge in [-0.05, 0) is 25.5 Å². The van der Waals surface area contributed by atoms with Crippen molar-refractivity contribution in [2.24, 2.45) is 0 Å². The highest BCUT2D eigenvalue weighted by molar-refractivity contribution is 6.39. The number of para-hydroxylation sites is 1. The molecular weight excluding hydrogens is 220 g/mol. The molecule has 1 atom stereocenters. The van der Waals surface area contributed by atoms with Crippen LogP contribution in [0.15, 0.2) is 24.3 Å². The van der Waals surface area contributed by atoms with E-state index < -0.39 is 17.9 Å². The number of benzene rings is 1. The van der Waals surface area contributed by atoms with E-state index in [1.54, 1.807) is 12.1 Å². The Morgan fingerprint density at radius 1 is 1.29 bits per heavy atom. The van der Waals surface area contributed by atoms with E-state index in [9.17, 15) is 9.59 Å². The summed E-state index contributed by atoms with van der Waals surface area (Å²) in [4.78, 5) is 22.8. The molecule has 3 N–H and O–H groups in total. The van der Waals surface area contributed by atoms with Crippen LogP contribution in [0.3, 0.4) is 0 Å². The fourth-order valence-corrected chi connectivity index (χ4v) is 1.21. The van der Waals surface area contributed by atoms with Crippen LogP contribution in [0.5, 0.6) is 0 Å². The summed E-state index contributed by atoms with van der Waals surface area (Å²) in [5, 5.41) is 13.8. The van der Waals surface area contributed by atoms with Crippen molar-refractivity contribution in [2.45, 2.75) is 20.0 Å². The monoisotopic (exact) mass is 236 g/mol. The number of aryl methyl sites for hydroxylation is 1. The number of nitrogens with one attached hydrogen (secondary N) is 2. The lowest BCUT2D eigenvalue weighted by atomic mass is 10.2. The maximum absolute atomic E-state index is 11.5. The van der Waals surface area contributed by atoms with Crippen molar-refractivity contribution in [1.29, 1.82) is 0 Å².